The smallest absolute Gasteiger partial charge is 0.270 e. The number of aliphatic hydroxyl groups is 1. The molecule has 0 saturated heterocycles. The number of benzene rings is 2. The highest BCUT2D eigenvalue weighted by atomic mass is 35.5. The monoisotopic (exact) mass is 402 g/mol. The zero-order valence-corrected chi connectivity index (χ0v) is 15.4. The number of methoxy groups -OCH3 is 1. The fourth-order valence-corrected chi connectivity index (χ4v) is 2.85. The van der Waals surface area contributed by atoms with Crippen LogP contribution >= 0.6 is 11.6 Å². The number of nitrogens with zero attached hydrogens (tertiary/aromatic N) is 1. The van der Waals surface area contributed by atoms with Gasteiger partial charge < -0.3 is 19.6 Å². The number of hydrogen-bond acceptors (Lipinski definition) is 6. The minimum atomic E-state index is -0.590. The molecule has 1 aromatic heterocycles. The topological polar surface area (TPSA) is 115 Å². The van der Waals surface area contributed by atoms with Crippen molar-refractivity contribution in [2.24, 2.45) is 0 Å². The van der Waals surface area contributed by atoms with Crippen molar-refractivity contribution in [3.05, 3.63) is 75.0 Å². The molecule has 2 aromatic carbocycles. The van der Waals surface area contributed by atoms with Gasteiger partial charge in [-0.05, 0) is 36.4 Å². The molecule has 0 fully saturated rings. The maximum atomic E-state index is 12.5. The van der Waals surface area contributed by atoms with Gasteiger partial charge in [0.1, 0.15) is 23.9 Å². The summed E-state index contributed by atoms with van der Waals surface area (Å²) in [4.78, 5) is 22.7. The first-order chi connectivity index (χ1) is 13.4. The number of rotatable bonds is 6. The molecule has 0 unspecified atom stereocenters. The second-order valence-electron chi connectivity index (χ2n) is 5.71. The number of aliphatic hydroxyl groups excluding tert-OH is 1. The van der Waals surface area contributed by atoms with Gasteiger partial charge in [0.15, 0.2) is 0 Å². The van der Waals surface area contributed by atoms with E-state index in [-0.39, 0.29) is 22.9 Å². The Bertz CT molecular complexity index is 1050. The summed E-state index contributed by atoms with van der Waals surface area (Å²) in [5.41, 5.74) is 0.919. The quantitative estimate of drug-likeness (QED) is 0.470. The largest absolute Gasteiger partial charge is 0.496 e. The van der Waals surface area contributed by atoms with E-state index in [1.807, 2.05) is 0 Å². The Balaban J connectivity index is 1.89. The number of halogens is 1. The third kappa shape index (κ3) is 3.98. The summed E-state index contributed by atoms with van der Waals surface area (Å²) in [6.45, 7) is -0.239. The Morgan fingerprint density at radius 3 is 2.64 bits per heavy atom. The van der Waals surface area contributed by atoms with Crippen LogP contribution in [0.15, 0.2) is 52.9 Å². The van der Waals surface area contributed by atoms with E-state index < -0.39 is 10.8 Å². The van der Waals surface area contributed by atoms with E-state index in [4.69, 9.17) is 25.9 Å². The van der Waals surface area contributed by atoms with E-state index in [0.717, 1.165) is 6.07 Å². The molecule has 0 aliphatic carbocycles. The van der Waals surface area contributed by atoms with Gasteiger partial charge in [-0.15, -0.1) is 0 Å². The second kappa shape index (κ2) is 8.12. The van der Waals surface area contributed by atoms with Crippen LogP contribution in [0.1, 0.15) is 16.1 Å². The van der Waals surface area contributed by atoms with Crippen LogP contribution in [0.2, 0.25) is 5.02 Å². The number of hydrogen-bond donors (Lipinski definition) is 2. The highest BCUT2D eigenvalue weighted by Gasteiger charge is 2.17. The third-order valence-electron chi connectivity index (χ3n) is 3.95. The van der Waals surface area contributed by atoms with Crippen molar-refractivity contribution in [2.75, 3.05) is 12.4 Å². The van der Waals surface area contributed by atoms with Gasteiger partial charge >= 0.3 is 0 Å². The van der Waals surface area contributed by atoms with Crippen LogP contribution in [0.25, 0.3) is 11.3 Å². The second-order valence-corrected chi connectivity index (χ2v) is 6.12. The van der Waals surface area contributed by atoms with E-state index in [2.05, 4.69) is 5.32 Å². The zero-order valence-electron chi connectivity index (χ0n) is 14.6. The number of nitro groups is 1. The Morgan fingerprint density at radius 1 is 1.25 bits per heavy atom. The number of carbonyl (C=O) groups excluding carboxylic acids is 1. The van der Waals surface area contributed by atoms with Gasteiger partial charge in [0, 0.05) is 17.8 Å². The molecule has 1 amide bonds. The summed E-state index contributed by atoms with van der Waals surface area (Å²) in [6.07, 6.45) is 0. The summed E-state index contributed by atoms with van der Waals surface area (Å²) in [7, 11) is 1.50. The van der Waals surface area contributed by atoms with Crippen LogP contribution in [-0.4, -0.2) is 23.0 Å². The van der Waals surface area contributed by atoms with E-state index in [1.165, 1.54) is 19.2 Å². The van der Waals surface area contributed by atoms with Crippen LogP contribution in [0, 0.1) is 10.1 Å². The molecule has 3 rings (SSSR count). The molecule has 9 heteroatoms. The molecule has 2 N–H and O–H groups in total. The molecule has 1 heterocycles. The van der Waals surface area contributed by atoms with Gasteiger partial charge in [0.2, 0.25) is 0 Å². The standard InChI is InChI=1S/C19H15ClN2O6/c1-27-17-6-2-11(8-15(17)18-7-4-13(10-23)28-18)21-19(24)14-5-3-12(22(25)26)9-16(14)20/h2-9,23H,10H2,1H3,(H,21,24). The average Bonchev–Trinajstić information content (AvgIpc) is 3.16. The lowest BCUT2D eigenvalue weighted by atomic mass is 10.1. The van der Waals surface area contributed by atoms with Gasteiger partial charge in [0.25, 0.3) is 11.6 Å². The molecule has 3 aromatic rings. The van der Waals surface area contributed by atoms with Crippen LogP contribution < -0.4 is 10.1 Å². The van der Waals surface area contributed by atoms with Gasteiger partial charge in [-0.1, -0.05) is 11.6 Å². The third-order valence-corrected chi connectivity index (χ3v) is 4.26. The van der Waals surface area contributed by atoms with Gasteiger partial charge in [0.05, 0.1) is 28.2 Å². The molecule has 28 heavy (non-hydrogen) atoms. The molecule has 0 bridgehead atoms. The normalized spacial score (nSPS) is 10.5. The van der Waals surface area contributed by atoms with Crippen LogP contribution in [-0.2, 0) is 6.61 Å². The predicted octanol–water partition coefficient (Wildman–Crippen LogP) is 4.26. The van der Waals surface area contributed by atoms with Gasteiger partial charge in [-0.3, -0.25) is 14.9 Å². The summed E-state index contributed by atoms with van der Waals surface area (Å²) in [5, 5.41) is 22.6. The van der Waals surface area contributed by atoms with Crippen LogP contribution in [0.4, 0.5) is 11.4 Å². The minimum absolute atomic E-state index is 0.0287. The SMILES string of the molecule is COc1ccc(NC(=O)c2ccc([N+](=O)[O-])cc2Cl)cc1-c1ccc(CO)o1. The lowest BCUT2D eigenvalue weighted by Crippen LogP contribution is -2.12. The first-order valence-corrected chi connectivity index (χ1v) is 8.44. The Hall–Kier alpha value is -3.36. The fourth-order valence-electron chi connectivity index (χ4n) is 2.59. The first-order valence-electron chi connectivity index (χ1n) is 8.06. The van der Waals surface area contributed by atoms with Crippen molar-refractivity contribution in [3.8, 4) is 17.1 Å². The fraction of sp³-hybridized carbons (Fsp3) is 0.105. The first kappa shape index (κ1) is 19.4. The highest BCUT2D eigenvalue weighted by molar-refractivity contribution is 6.34. The summed E-state index contributed by atoms with van der Waals surface area (Å²) < 4.78 is 10.9. The van der Waals surface area contributed by atoms with E-state index >= 15 is 0 Å². The Labute approximate surface area is 164 Å². The number of carbonyl (C=O) groups is 1. The molecule has 0 radical (unpaired) electrons. The Kier molecular flexibility index (Phi) is 5.62. The molecule has 144 valence electrons. The molecule has 0 aliphatic heterocycles. The summed E-state index contributed by atoms with van der Waals surface area (Å²) >= 11 is 6.00. The maximum absolute atomic E-state index is 12.5. The lowest BCUT2D eigenvalue weighted by Gasteiger charge is -2.11. The molecule has 8 nitrogen and oxygen atoms in total. The number of ether oxygens (including phenoxy) is 1. The molecule has 0 aliphatic rings. The number of amides is 1. The number of anilines is 1. The van der Waals surface area contributed by atoms with Crippen molar-refractivity contribution >= 4 is 28.9 Å². The molecular weight excluding hydrogens is 388 g/mol. The zero-order chi connectivity index (χ0) is 20.3. The van der Waals surface area contributed by atoms with E-state index in [0.29, 0.717) is 28.5 Å². The minimum Gasteiger partial charge on any atom is -0.496 e. The lowest BCUT2D eigenvalue weighted by molar-refractivity contribution is -0.384. The summed E-state index contributed by atoms with van der Waals surface area (Å²) in [5.74, 6) is 0.853. The maximum Gasteiger partial charge on any atom is 0.270 e. The van der Waals surface area contributed by atoms with Crippen molar-refractivity contribution in [2.45, 2.75) is 6.61 Å². The highest BCUT2D eigenvalue weighted by Crippen LogP contribution is 2.34. The van der Waals surface area contributed by atoms with Crippen LogP contribution in [0.5, 0.6) is 5.75 Å². The van der Waals surface area contributed by atoms with E-state index in [1.54, 1.807) is 30.3 Å². The number of non-ortho nitro benzene ring substituents is 1. The number of furan rings is 1. The number of nitro benzene ring substituents is 1. The molecule has 0 spiro atoms. The average molecular weight is 403 g/mol. The van der Waals surface area contributed by atoms with Crippen molar-refractivity contribution in [3.63, 3.8) is 0 Å². The predicted molar refractivity (Wildman–Crippen MR) is 103 cm³/mol. The number of nitrogens with one attached hydrogen (secondary N) is 1. The Morgan fingerprint density at radius 2 is 2.04 bits per heavy atom. The van der Waals surface area contributed by atoms with Gasteiger partial charge in [-0.2, -0.15) is 0 Å². The van der Waals surface area contributed by atoms with Gasteiger partial charge in [-0.25, -0.2) is 0 Å². The van der Waals surface area contributed by atoms with E-state index in [9.17, 15) is 14.9 Å². The molecular formula is C19H15ClN2O6. The van der Waals surface area contributed by atoms with Crippen molar-refractivity contribution < 1.29 is 24.0 Å². The van der Waals surface area contributed by atoms with Crippen molar-refractivity contribution in [1.29, 1.82) is 0 Å². The van der Waals surface area contributed by atoms with Crippen molar-refractivity contribution in [1.82, 2.24) is 0 Å². The van der Waals surface area contributed by atoms with Crippen LogP contribution in [0.3, 0.4) is 0 Å². The summed E-state index contributed by atoms with van der Waals surface area (Å²) in [6, 6.07) is 11.9. The molecule has 0 saturated carbocycles. The molecule has 0 atom stereocenters.